The third-order valence-corrected chi connectivity index (χ3v) is 4.77. The summed E-state index contributed by atoms with van der Waals surface area (Å²) in [7, 11) is 0. The van der Waals surface area contributed by atoms with Crippen molar-refractivity contribution in [2.24, 2.45) is 0 Å². The lowest BCUT2D eigenvalue weighted by Crippen LogP contribution is -2.16. The number of fused-ring (bicyclic) bond motifs is 1. The Labute approximate surface area is 177 Å². The molecule has 154 valence electrons. The van der Waals surface area contributed by atoms with Crippen LogP contribution in [-0.4, -0.2) is 16.1 Å². The molecule has 0 amide bonds. The highest BCUT2D eigenvalue weighted by atomic mass is 16.1. The van der Waals surface area contributed by atoms with Crippen LogP contribution < -0.4 is 16.1 Å². The number of hydrogen-bond donors (Lipinski definition) is 2. The van der Waals surface area contributed by atoms with E-state index in [0.29, 0.717) is 23.4 Å². The molecule has 0 radical (unpaired) electrons. The number of nitrogens with zero attached hydrogens (tertiary/aromatic N) is 2. The van der Waals surface area contributed by atoms with Crippen molar-refractivity contribution in [2.75, 3.05) is 17.2 Å². The van der Waals surface area contributed by atoms with Crippen LogP contribution in [0.1, 0.15) is 25.5 Å². The Morgan fingerprint density at radius 3 is 2.80 bits per heavy atom. The van der Waals surface area contributed by atoms with Crippen molar-refractivity contribution in [2.45, 2.75) is 26.7 Å². The molecule has 0 aromatic carbocycles. The second-order valence-electron chi connectivity index (χ2n) is 6.98. The quantitative estimate of drug-likeness (QED) is 0.450. The average molecular weight is 401 g/mol. The number of allylic oxidation sites excluding steroid dienone is 8. The second kappa shape index (κ2) is 9.74. The van der Waals surface area contributed by atoms with Gasteiger partial charge in [0, 0.05) is 24.0 Å². The van der Waals surface area contributed by atoms with Gasteiger partial charge < -0.3 is 10.6 Å². The summed E-state index contributed by atoms with van der Waals surface area (Å²) in [5.74, 6) is 0.662. The maximum absolute atomic E-state index is 13.0. The van der Waals surface area contributed by atoms with Gasteiger partial charge in [0.05, 0.1) is 16.8 Å². The van der Waals surface area contributed by atoms with Gasteiger partial charge in [0.15, 0.2) is 5.43 Å². The summed E-state index contributed by atoms with van der Waals surface area (Å²) in [6.07, 6.45) is 17.6. The predicted molar refractivity (Wildman–Crippen MR) is 129 cm³/mol. The minimum atomic E-state index is -0.0864. The molecular formula is C25H28N4O. The number of hydrogen-bond acceptors (Lipinski definition) is 4. The van der Waals surface area contributed by atoms with Gasteiger partial charge in [0.25, 0.3) is 0 Å². The van der Waals surface area contributed by atoms with Gasteiger partial charge >= 0.3 is 0 Å². The van der Waals surface area contributed by atoms with E-state index in [0.717, 1.165) is 35.6 Å². The van der Waals surface area contributed by atoms with Gasteiger partial charge in [-0.15, -0.1) is 6.58 Å². The molecule has 2 N–H and O–H groups in total. The van der Waals surface area contributed by atoms with E-state index in [2.05, 4.69) is 35.9 Å². The fraction of sp³-hybridized carbons (Fsp3) is 0.200. The molecule has 3 rings (SSSR count). The van der Waals surface area contributed by atoms with Crippen molar-refractivity contribution >= 4 is 28.2 Å². The molecule has 0 saturated heterocycles. The summed E-state index contributed by atoms with van der Waals surface area (Å²) in [4.78, 5) is 17.8. The zero-order valence-electron chi connectivity index (χ0n) is 17.6. The molecule has 0 unspecified atom stereocenters. The van der Waals surface area contributed by atoms with Crippen LogP contribution in [0.5, 0.6) is 0 Å². The molecule has 0 saturated carbocycles. The van der Waals surface area contributed by atoms with Gasteiger partial charge in [0.2, 0.25) is 0 Å². The molecule has 0 aliphatic heterocycles. The van der Waals surface area contributed by atoms with Gasteiger partial charge in [-0.1, -0.05) is 37.0 Å². The minimum absolute atomic E-state index is 0.0864. The number of rotatable bonds is 8. The molecule has 0 atom stereocenters. The molecule has 0 fully saturated rings. The third-order valence-electron chi connectivity index (χ3n) is 4.77. The molecular weight excluding hydrogens is 372 g/mol. The number of aryl methyl sites for hydroxylation is 1. The third kappa shape index (κ3) is 4.51. The van der Waals surface area contributed by atoms with E-state index in [9.17, 15) is 4.79 Å². The van der Waals surface area contributed by atoms with Gasteiger partial charge in [-0.3, -0.25) is 9.36 Å². The predicted octanol–water partition coefficient (Wildman–Crippen LogP) is 5.55. The number of anilines is 2. The second-order valence-corrected chi connectivity index (χ2v) is 6.98. The molecule has 0 spiro atoms. The van der Waals surface area contributed by atoms with E-state index in [4.69, 9.17) is 4.98 Å². The van der Waals surface area contributed by atoms with Gasteiger partial charge in [0.1, 0.15) is 11.5 Å². The molecule has 2 heterocycles. The first-order chi connectivity index (χ1) is 14.6. The van der Waals surface area contributed by atoms with Crippen LogP contribution in [0.15, 0.2) is 84.4 Å². The van der Waals surface area contributed by atoms with Crippen LogP contribution in [0.3, 0.4) is 0 Å². The van der Waals surface area contributed by atoms with Crippen molar-refractivity contribution in [1.82, 2.24) is 9.55 Å². The summed E-state index contributed by atoms with van der Waals surface area (Å²) >= 11 is 0. The van der Waals surface area contributed by atoms with E-state index in [1.165, 1.54) is 0 Å². The van der Waals surface area contributed by atoms with E-state index < -0.39 is 0 Å². The lowest BCUT2D eigenvalue weighted by molar-refractivity contribution is 1.01. The first kappa shape index (κ1) is 21.1. The summed E-state index contributed by atoms with van der Waals surface area (Å²) in [6, 6.07) is 3.49. The van der Waals surface area contributed by atoms with Crippen molar-refractivity contribution in [3.63, 3.8) is 0 Å². The molecule has 5 nitrogen and oxygen atoms in total. The fourth-order valence-electron chi connectivity index (χ4n) is 3.39. The number of aromatic nitrogens is 2. The highest BCUT2D eigenvalue weighted by Gasteiger charge is 2.15. The largest absolute Gasteiger partial charge is 0.380 e. The molecule has 2 aromatic heterocycles. The first-order valence-electron chi connectivity index (χ1n) is 10.1. The van der Waals surface area contributed by atoms with Crippen LogP contribution in [0.25, 0.3) is 16.7 Å². The Bertz CT molecular complexity index is 1150. The standard InChI is InChI=1S/C25H28N4O/c1-5-11-20(12-6-2)29-24(28-19-13-9-8-10-14-19)17-23(30)21-16-22(26-15-7-3)18(4)27-25(21)29/h5-7,9,11-14,16-17,26,28H,1,3,8,10,15H2,2,4H3/b12-6-,20-11+. The summed E-state index contributed by atoms with van der Waals surface area (Å²) in [6.45, 7) is 12.1. The van der Waals surface area contributed by atoms with E-state index in [1.807, 2.05) is 48.8 Å². The fourth-order valence-corrected chi connectivity index (χ4v) is 3.39. The van der Waals surface area contributed by atoms with Gasteiger partial charge in [-0.05, 0) is 51.0 Å². The van der Waals surface area contributed by atoms with Crippen molar-refractivity contribution in [3.05, 3.63) is 95.5 Å². The van der Waals surface area contributed by atoms with Crippen molar-refractivity contribution in [1.29, 1.82) is 0 Å². The van der Waals surface area contributed by atoms with Gasteiger partial charge in [-0.25, -0.2) is 4.98 Å². The molecule has 30 heavy (non-hydrogen) atoms. The first-order valence-corrected chi connectivity index (χ1v) is 10.1. The van der Waals surface area contributed by atoms with Crippen LogP contribution >= 0.6 is 0 Å². The minimum Gasteiger partial charge on any atom is -0.380 e. The van der Waals surface area contributed by atoms with E-state index in [-0.39, 0.29) is 5.43 Å². The van der Waals surface area contributed by atoms with E-state index >= 15 is 0 Å². The van der Waals surface area contributed by atoms with Crippen LogP contribution in [0.4, 0.5) is 11.5 Å². The van der Waals surface area contributed by atoms with Crippen LogP contribution in [-0.2, 0) is 0 Å². The number of pyridine rings is 2. The van der Waals surface area contributed by atoms with E-state index in [1.54, 1.807) is 18.2 Å². The highest BCUT2D eigenvalue weighted by molar-refractivity contribution is 5.86. The molecule has 0 bridgehead atoms. The molecule has 2 aromatic rings. The summed E-state index contributed by atoms with van der Waals surface area (Å²) in [5, 5.41) is 7.21. The lowest BCUT2D eigenvalue weighted by Gasteiger charge is -2.20. The number of nitrogens with one attached hydrogen (secondary N) is 2. The Morgan fingerprint density at radius 2 is 2.13 bits per heavy atom. The maximum Gasteiger partial charge on any atom is 0.193 e. The Morgan fingerprint density at radius 1 is 1.30 bits per heavy atom. The molecule has 5 heteroatoms. The topological polar surface area (TPSA) is 59.0 Å². The lowest BCUT2D eigenvalue weighted by atomic mass is 10.1. The molecule has 1 aliphatic rings. The zero-order valence-corrected chi connectivity index (χ0v) is 17.6. The van der Waals surface area contributed by atoms with Crippen LogP contribution in [0.2, 0.25) is 0 Å². The Balaban J connectivity index is 2.30. The normalized spacial score (nSPS) is 14.1. The Hall–Kier alpha value is -3.60. The summed E-state index contributed by atoms with van der Waals surface area (Å²) in [5.41, 5.74) is 3.97. The SMILES string of the molecule is C=C/C=C(\C=C/C)n1c(NC2=CCCC=C2)cc(=O)c2cc(NCC=C)c(C)nc21. The smallest absolute Gasteiger partial charge is 0.193 e. The molecule has 1 aliphatic carbocycles. The van der Waals surface area contributed by atoms with Crippen molar-refractivity contribution < 1.29 is 0 Å². The average Bonchev–Trinajstić information content (AvgIpc) is 2.73. The van der Waals surface area contributed by atoms with Crippen molar-refractivity contribution in [3.8, 4) is 0 Å². The zero-order chi connectivity index (χ0) is 21.5. The monoisotopic (exact) mass is 400 g/mol. The Kier molecular flexibility index (Phi) is 6.86. The highest BCUT2D eigenvalue weighted by Crippen LogP contribution is 2.26. The van der Waals surface area contributed by atoms with Crippen LogP contribution in [0, 0.1) is 6.92 Å². The maximum atomic E-state index is 13.0. The summed E-state index contributed by atoms with van der Waals surface area (Å²) < 4.78 is 1.96. The van der Waals surface area contributed by atoms with Gasteiger partial charge in [-0.2, -0.15) is 0 Å².